The number of rotatable bonds is 6. The second-order valence-electron chi connectivity index (χ2n) is 6.80. The normalized spacial score (nSPS) is 15.7. The zero-order chi connectivity index (χ0) is 15.4. The molecule has 118 valence electrons. The van der Waals surface area contributed by atoms with Gasteiger partial charge in [0.05, 0.1) is 6.10 Å². The average molecular weight is 296 g/mol. The number of hydrogen-bond acceptors (Lipinski definition) is 1. The summed E-state index contributed by atoms with van der Waals surface area (Å²) in [5.74, 6) is 0. The van der Waals surface area contributed by atoms with E-state index in [1.807, 2.05) is 0 Å². The van der Waals surface area contributed by atoms with Gasteiger partial charge < -0.3 is 5.11 Å². The molecule has 0 saturated carbocycles. The molecule has 3 rings (SSSR count). The Morgan fingerprint density at radius 3 is 2.36 bits per heavy atom. The van der Waals surface area contributed by atoms with Crippen molar-refractivity contribution in [3.63, 3.8) is 0 Å². The fourth-order valence-electron chi connectivity index (χ4n) is 3.65. The van der Waals surface area contributed by atoms with E-state index in [-0.39, 0.29) is 6.10 Å². The van der Waals surface area contributed by atoms with E-state index >= 15 is 0 Å². The molecule has 0 aromatic heterocycles. The Bertz CT molecular complexity index is 629. The molecular weight excluding hydrogens is 268 g/mol. The summed E-state index contributed by atoms with van der Waals surface area (Å²) in [6.45, 7) is 2.22. The molecule has 0 bridgehead atoms. The molecule has 1 atom stereocenters. The quantitative estimate of drug-likeness (QED) is 0.676. The van der Waals surface area contributed by atoms with Gasteiger partial charge >= 0.3 is 0 Å². The van der Waals surface area contributed by atoms with Crippen molar-refractivity contribution >= 4 is 10.8 Å². The molecule has 0 heterocycles. The SMILES string of the molecule is CCCCCC[C@@H](O)c1ccc2cc3c(cc2c1)CCCC3. The first-order valence-electron chi connectivity index (χ1n) is 9.01. The van der Waals surface area contributed by atoms with E-state index in [0.717, 1.165) is 18.4 Å². The molecule has 1 nitrogen and oxygen atoms in total. The van der Waals surface area contributed by atoms with Crippen LogP contribution in [0.25, 0.3) is 10.8 Å². The van der Waals surface area contributed by atoms with Gasteiger partial charge in [-0.15, -0.1) is 0 Å². The number of fused-ring (bicyclic) bond motifs is 2. The number of unbranched alkanes of at least 4 members (excludes halogenated alkanes) is 3. The monoisotopic (exact) mass is 296 g/mol. The molecule has 1 heteroatoms. The Balaban J connectivity index is 1.77. The van der Waals surface area contributed by atoms with Gasteiger partial charge in [0.2, 0.25) is 0 Å². The summed E-state index contributed by atoms with van der Waals surface area (Å²) in [4.78, 5) is 0. The van der Waals surface area contributed by atoms with Crippen LogP contribution in [0.2, 0.25) is 0 Å². The second kappa shape index (κ2) is 7.28. The van der Waals surface area contributed by atoms with Gasteiger partial charge in [0.15, 0.2) is 0 Å². The smallest absolute Gasteiger partial charge is 0.0790 e. The highest BCUT2D eigenvalue weighted by Crippen LogP contribution is 2.29. The maximum atomic E-state index is 10.4. The third kappa shape index (κ3) is 3.52. The number of hydrogen-bond donors (Lipinski definition) is 1. The Kier molecular flexibility index (Phi) is 5.15. The Labute approximate surface area is 134 Å². The van der Waals surface area contributed by atoms with Gasteiger partial charge in [-0.3, -0.25) is 0 Å². The summed E-state index contributed by atoms with van der Waals surface area (Å²) in [7, 11) is 0. The van der Waals surface area contributed by atoms with Crippen molar-refractivity contribution in [2.75, 3.05) is 0 Å². The lowest BCUT2D eigenvalue weighted by Crippen LogP contribution is -2.02. The maximum absolute atomic E-state index is 10.4. The van der Waals surface area contributed by atoms with Crippen LogP contribution in [-0.2, 0) is 12.8 Å². The first-order valence-corrected chi connectivity index (χ1v) is 9.01. The highest BCUT2D eigenvalue weighted by molar-refractivity contribution is 5.85. The van der Waals surface area contributed by atoms with Gasteiger partial charge in [0.1, 0.15) is 0 Å². The van der Waals surface area contributed by atoms with Crippen molar-refractivity contribution in [3.05, 3.63) is 47.0 Å². The third-order valence-corrected chi connectivity index (χ3v) is 5.04. The van der Waals surface area contributed by atoms with Gasteiger partial charge in [0.25, 0.3) is 0 Å². The topological polar surface area (TPSA) is 20.2 Å². The van der Waals surface area contributed by atoms with Crippen LogP contribution in [0, 0.1) is 0 Å². The zero-order valence-corrected chi connectivity index (χ0v) is 13.8. The summed E-state index contributed by atoms with van der Waals surface area (Å²) >= 11 is 0. The first kappa shape index (κ1) is 15.6. The van der Waals surface area contributed by atoms with E-state index in [0.29, 0.717) is 0 Å². The van der Waals surface area contributed by atoms with Crippen LogP contribution >= 0.6 is 0 Å². The highest BCUT2D eigenvalue weighted by atomic mass is 16.3. The molecule has 0 amide bonds. The summed E-state index contributed by atoms with van der Waals surface area (Å²) in [6, 6.07) is 11.2. The van der Waals surface area contributed by atoms with E-state index in [9.17, 15) is 5.11 Å². The number of aryl methyl sites for hydroxylation is 2. The van der Waals surface area contributed by atoms with Gasteiger partial charge in [-0.25, -0.2) is 0 Å². The van der Waals surface area contributed by atoms with Gasteiger partial charge in [-0.2, -0.15) is 0 Å². The van der Waals surface area contributed by atoms with E-state index in [1.54, 1.807) is 0 Å². The molecule has 0 aliphatic heterocycles. The molecule has 0 unspecified atom stereocenters. The lowest BCUT2D eigenvalue weighted by Gasteiger charge is -2.17. The lowest BCUT2D eigenvalue weighted by molar-refractivity contribution is 0.163. The zero-order valence-electron chi connectivity index (χ0n) is 13.8. The third-order valence-electron chi connectivity index (χ3n) is 5.04. The van der Waals surface area contributed by atoms with Crippen molar-refractivity contribution in [1.82, 2.24) is 0 Å². The standard InChI is InChI=1S/C21H28O/c1-2-3-4-5-10-21(22)19-12-11-18-13-16-8-6-7-9-17(16)14-20(18)15-19/h11-15,21-22H,2-10H2,1H3/t21-/m1/s1. The fourth-order valence-corrected chi connectivity index (χ4v) is 3.65. The fraction of sp³-hybridized carbons (Fsp3) is 0.524. The van der Waals surface area contributed by atoms with Gasteiger partial charge in [-0.05, 0) is 65.6 Å². The second-order valence-corrected chi connectivity index (χ2v) is 6.80. The molecule has 1 aliphatic carbocycles. The van der Waals surface area contributed by atoms with Crippen molar-refractivity contribution in [1.29, 1.82) is 0 Å². The Hall–Kier alpha value is -1.34. The Morgan fingerprint density at radius 2 is 1.64 bits per heavy atom. The molecule has 0 saturated heterocycles. The van der Waals surface area contributed by atoms with Gasteiger partial charge in [-0.1, -0.05) is 56.9 Å². The van der Waals surface area contributed by atoms with Crippen LogP contribution in [0.5, 0.6) is 0 Å². The van der Waals surface area contributed by atoms with Gasteiger partial charge in [0, 0.05) is 0 Å². The van der Waals surface area contributed by atoms with Crippen molar-refractivity contribution < 1.29 is 5.11 Å². The predicted molar refractivity (Wildman–Crippen MR) is 94.3 cm³/mol. The molecule has 22 heavy (non-hydrogen) atoms. The summed E-state index contributed by atoms with van der Waals surface area (Å²) in [5.41, 5.74) is 4.14. The molecule has 2 aromatic rings. The largest absolute Gasteiger partial charge is 0.388 e. The molecule has 0 radical (unpaired) electrons. The molecule has 2 aromatic carbocycles. The van der Waals surface area contributed by atoms with Crippen LogP contribution in [0.4, 0.5) is 0 Å². The Morgan fingerprint density at radius 1 is 0.909 bits per heavy atom. The highest BCUT2D eigenvalue weighted by Gasteiger charge is 2.12. The molecule has 0 fully saturated rings. The minimum absolute atomic E-state index is 0.308. The van der Waals surface area contributed by atoms with Crippen molar-refractivity contribution in [3.8, 4) is 0 Å². The molecule has 0 spiro atoms. The first-order chi connectivity index (χ1) is 10.8. The minimum atomic E-state index is -0.308. The van der Waals surface area contributed by atoms with Crippen molar-refractivity contribution in [2.24, 2.45) is 0 Å². The van der Waals surface area contributed by atoms with Crippen LogP contribution < -0.4 is 0 Å². The minimum Gasteiger partial charge on any atom is -0.388 e. The average Bonchev–Trinajstić information content (AvgIpc) is 2.56. The van der Waals surface area contributed by atoms with Crippen LogP contribution in [0.3, 0.4) is 0 Å². The number of aliphatic hydroxyl groups excluding tert-OH is 1. The van der Waals surface area contributed by atoms with Crippen LogP contribution in [0.15, 0.2) is 30.3 Å². The van der Waals surface area contributed by atoms with Crippen LogP contribution in [-0.4, -0.2) is 5.11 Å². The molecule has 1 N–H and O–H groups in total. The lowest BCUT2D eigenvalue weighted by atomic mass is 9.88. The maximum Gasteiger partial charge on any atom is 0.0790 e. The van der Waals surface area contributed by atoms with E-state index in [4.69, 9.17) is 0 Å². The van der Waals surface area contributed by atoms with Crippen molar-refractivity contribution in [2.45, 2.75) is 70.8 Å². The number of benzene rings is 2. The van der Waals surface area contributed by atoms with E-state index < -0.39 is 0 Å². The van der Waals surface area contributed by atoms with E-state index in [2.05, 4.69) is 37.3 Å². The summed E-state index contributed by atoms with van der Waals surface area (Å²) in [5, 5.41) is 13.0. The number of aliphatic hydroxyl groups is 1. The molecule has 1 aliphatic rings. The van der Waals surface area contributed by atoms with Crippen LogP contribution in [0.1, 0.15) is 74.7 Å². The summed E-state index contributed by atoms with van der Waals surface area (Å²) < 4.78 is 0. The molecular formula is C21H28O. The predicted octanol–water partition coefficient (Wildman–Crippen LogP) is 5.72. The summed E-state index contributed by atoms with van der Waals surface area (Å²) in [6.07, 6.45) is 10.5. The van der Waals surface area contributed by atoms with E-state index in [1.165, 1.54) is 66.8 Å².